The highest BCUT2D eigenvalue weighted by atomic mass is 19.1. The molecule has 4 nitrogen and oxygen atoms in total. The van der Waals surface area contributed by atoms with Crippen molar-refractivity contribution in [1.29, 1.82) is 0 Å². The molecule has 2 aliphatic rings. The summed E-state index contributed by atoms with van der Waals surface area (Å²) in [7, 11) is 0. The summed E-state index contributed by atoms with van der Waals surface area (Å²) in [4.78, 5) is 13.4. The summed E-state index contributed by atoms with van der Waals surface area (Å²) in [6.45, 7) is 1.16. The maximum Gasteiger partial charge on any atom is 0.410 e. The molecule has 2 heterocycles. The lowest BCUT2D eigenvalue weighted by molar-refractivity contribution is 0.0842. The standard InChI is InChI=1S/C13H15FN2O2/c14-12-10-7-16(11(12)6-15-10)13(17)18-8-9-4-2-1-3-5-9/h1-5,10-12,15H,6-8H2/t10-,11-,12+/m0/s1. The van der Waals surface area contributed by atoms with E-state index in [1.807, 2.05) is 30.3 Å². The Morgan fingerprint density at radius 1 is 1.44 bits per heavy atom. The summed E-state index contributed by atoms with van der Waals surface area (Å²) in [6, 6.07) is 8.89. The van der Waals surface area contributed by atoms with Crippen molar-refractivity contribution in [3.63, 3.8) is 0 Å². The normalized spacial score (nSPS) is 29.6. The summed E-state index contributed by atoms with van der Waals surface area (Å²) in [6.07, 6.45) is -1.38. The van der Waals surface area contributed by atoms with Gasteiger partial charge in [0.1, 0.15) is 12.8 Å². The lowest BCUT2D eigenvalue weighted by atomic mass is 10.2. The van der Waals surface area contributed by atoms with Crippen molar-refractivity contribution in [1.82, 2.24) is 10.2 Å². The fraction of sp³-hybridized carbons (Fsp3) is 0.462. The van der Waals surface area contributed by atoms with Crippen LogP contribution in [0.5, 0.6) is 0 Å². The molecule has 0 saturated carbocycles. The van der Waals surface area contributed by atoms with Crippen molar-refractivity contribution in [3.8, 4) is 0 Å². The number of fused-ring (bicyclic) bond motifs is 2. The van der Waals surface area contributed by atoms with Crippen LogP contribution in [0.4, 0.5) is 9.18 Å². The Hall–Kier alpha value is -1.62. The number of ether oxygens (including phenoxy) is 1. The van der Waals surface area contributed by atoms with Gasteiger partial charge in [0, 0.05) is 13.1 Å². The molecule has 1 aromatic carbocycles. The zero-order valence-corrected chi connectivity index (χ0v) is 9.88. The number of carbonyl (C=O) groups is 1. The van der Waals surface area contributed by atoms with E-state index in [1.54, 1.807) is 0 Å². The monoisotopic (exact) mass is 250 g/mol. The molecular formula is C13H15FN2O2. The Morgan fingerprint density at radius 3 is 2.83 bits per heavy atom. The number of hydrogen-bond donors (Lipinski definition) is 1. The van der Waals surface area contributed by atoms with E-state index in [9.17, 15) is 9.18 Å². The Kier molecular flexibility index (Phi) is 2.91. The molecule has 0 radical (unpaired) electrons. The van der Waals surface area contributed by atoms with E-state index in [4.69, 9.17) is 4.74 Å². The molecule has 1 amide bonds. The van der Waals surface area contributed by atoms with Crippen LogP contribution in [-0.4, -0.2) is 42.3 Å². The first kappa shape index (κ1) is 11.5. The number of hydrogen-bond acceptors (Lipinski definition) is 3. The SMILES string of the molecule is O=C(OCc1ccccc1)N1C[C@@H]2NC[C@H]1[C@@H]2F. The van der Waals surface area contributed by atoms with Crippen LogP contribution in [0, 0.1) is 0 Å². The lowest BCUT2D eigenvalue weighted by Gasteiger charge is -2.25. The number of nitrogens with zero attached hydrogens (tertiary/aromatic N) is 1. The zero-order valence-electron chi connectivity index (χ0n) is 9.88. The molecule has 2 bridgehead atoms. The highest BCUT2D eigenvalue weighted by Crippen LogP contribution is 2.27. The largest absolute Gasteiger partial charge is 0.445 e. The van der Waals surface area contributed by atoms with Gasteiger partial charge in [-0.15, -0.1) is 0 Å². The highest BCUT2D eigenvalue weighted by Gasteiger charge is 2.49. The molecule has 18 heavy (non-hydrogen) atoms. The number of likely N-dealkylation sites (tertiary alicyclic amines) is 1. The number of rotatable bonds is 2. The van der Waals surface area contributed by atoms with Gasteiger partial charge in [-0.1, -0.05) is 30.3 Å². The van der Waals surface area contributed by atoms with Gasteiger partial charge in [0.2, 0.25) is 0 Å². The van der Waals surface area contributed by atoms with Crippen molar-refractivity contribution in [2.45, 2.75) is 24.9 Å². The van der Waals surface area contributed by atoms with E-state index in [1.165, 1.54) is 4.90 Å². The molecule has 2 saturated heterocycles. The van der Waals surface area contributed by atoms with E-state index in [-0.39, 0.29) is 18.7 Å². The van der Waals surface area contributed by atoms with Gasteiger partial charge in [-0.05, 0) is 5.56 Å². The number of benzene rings is 1. The average Bonchev–Trinajstić information content (AvgIpc) is 2.93. The van der Waals surface area contributed by atoms with E-state index < -0.39 is 12.3 Å². The molecule has 1 N–H and O–H groups in total. The van der Waals surface area contributed by atoms with Gasteiger partial charge >= 0.3 is 6.09 Å². The number of alkyl halides is 1. The van der Waals surface area contributed by atoms with E-state index in [0.717, 1.165) is 5.56 Å². The van der Waals surface area contributed by atoms with Crippen molar-refractivity contribution in [2.24, 2.45) is 0 Å². The van der Waals surface area contributed by atoms with E-state index >= 15 is 0 Å². The van der Waals surface area contributed by atoms with Gasteiger partial charge in [-0.2, -0.15) is 0 Å². The van der Waals surface area contributed by atoms with Crippen LogP contribution in [0.3, 0.4) is 0 Å². The average molecular weight is 250 g/mol. The van der Waals surface area contributed by atoms with E-state index in [0.29, 0.717) is 13.1 Å². The fourth-order valence-corrected chi connectivity index (χ4v) is 2.57. The number of piperazine rings is 1. The first-order chi connectivity index (χ1) is 8.75. The van der Waals surface area contributed by atoms with Crippen molar-refractivity contribution < 1.29 is 13.9 Å². The summed E-state index contributed by atoms with van der Waals surface area (Å²) >= 11 is 0. The predicted octanol–water partition coefficient (Wildman–Crippen LogP) is 1.32. The van der Waals surface area contributed by atoms with E-state index in [2.05, 4.69) is 5.32 Å². The smallest absolute Gasteiger partial charge is 0.410 e. The van der Waals surface area contributed by atoms with Crippen LogP contribution < -0.4 is 5.32 Å². The maximum absolute atomic E-state index is 13.6. The van der Waals surface area contributed by atoms with Crippen molar-refractivity contribution in [3.05, 3.63) is 35.9 Å². The molecule has 3 rings (SSSR count). The number of halogens is 1. The third-order valence-electron chi connectivity index (χ3n) is 3.57. The molecule has 2 aliphatic heterocycles. The third kappa shape index (κ3) is 1.95. The first-order valence-electron chi connectivity index (χ1n) is 6.10. The van der Waals surface area contributed by atoms with Gasteiger partial charge in [0.25, 0.3) is 0 Å². The molecule has 2 fully saturated rings. The number of amides is 1. The van der Waals surface area contributed by atoms with Crippen LogP contribution in [0.1, 0.15) is 5.56 Å². The highest BCUT2D eigenvalue weighted by molar-refractivity contribution is 5.69. The van der Waals surface area contributed by atoms with Gasteiger partial charge in [-0.3, -0.25) is 4.90 Å². The Balaban J connectivity index is 1.57. The second-order valence-corrected chi connectivity index (χ2v) is 4.72. The van der Waals surface area contributed by atoms with Gasteiger partial charge < -0.3 is 10.1 Å². The fourth-order valence-electron chi connectivity index (χ4n) is 2.57. The van der Waals surface area contributed by atoms with Gasteiger partial charge in [0.15, 0.2) is 0 Å². The second kappa shape index (κ2) is 4.57. The molecular weight excluding hydrogens is 235 g/mol. The minimum absolute atomic E-state index is 0.223. The first-order valence-corrected chi connectivity index (χ1v) is 6.10. The summed E-state index contributed by atoms with van der Waals surface area (Å²) < 4.78 is 18.8. The third-order valence-corrected chi connectivity index (χ3v) is 3.57. The molecule has 5 heteroatoms. The van der Waals surface area contributed by atoms with Crippen LogP contribution in [0.2, 0.25) is 0 Å². The van der Waals surface area contributed by atoms with Crippen molar-refractivity contribution in [2.75, 3.05) is 13.1 Å². The minimum atomic E-state index is -0.964. The van der Waals surface area contributed by atoms with Crippen LogP contribution >= 0.6 is 0 Å². The minimum Gasteiger partial charge on any atom is -0.445 e. The molecule has 0 unspecified atom stereocenters. The molecule has 0 aliphatic carbocycles. The lowest BCUT2D eigenvalue weighted by Crippen LogP contribution is -2.46. The molecule has 1 aromatic rings. The Bertz CT molecular complexity index is 440. The van der Waals surface area contributed by atoms with Crippen LogP contribution in [0.25, 0.3) is 0 Å². The Labute approximate surface area is 105 Å². The van der Waals surface area contributed by atoms with Gasteiger partial charge in [-0.25, -0.2) is 9.18 Å². The van der Waals surface area contributed by atoms with Crippen LogP contribution in [0.15, 0.2) is 30.3 Å². The summed E-state index contributed by atoms with van der Waals surface area (Å²) in [5, 5.41) is 3.04. The summed E-state index contributed by atoms with van der Waals surface area (Å²) in [5.74, 6) is 0. The summed E-state index contributed by atoms with van der Waals surface area (Å²) in [5.41, 5.74) is 0.935. The van der Waals surface area contributed by atoms with Crippen molar-refractivity contribution >= 4 is 6.09 Å². The molecule has 0 aromatic heterocycles. The zero-order chi connectivity index (χ0) is 12.5. The number of carbonyl (C=O) groups excluding carboxylic acids is 1. The Morgan fingerprint density at radius 2 is 2.22 bits per heavy atom. The molecule has 3 atom stereocenters. The topological polar surface area (TPSA) is 41.6 Å². The van der Waals surface area contributed by atoms with Crippen LogP contribution in [-0.2, 0) is 11.3 Å². The maximum atomic E-state index is 13.6. The second-order valence-electron chi connectivity index (χ2n) is 4.72. The quantitative estimate of drug-likeness (QED) is 0.860. The van der Waals surface area contributed by atoms with Gasteiger partial charge in [0.05, 0.1) is 12.1 Å². The number of nitrogens with one attached hydrogen (secondary N) is 1. The predicted molar refractivity (Wildman–Crippen MR) is 63.8 cm³/mol. The molecule has 96 valence electrons. The molecule has 0 spiro atoms.